The van der Waals surface area contributed by atoms with Crippen molar-refractivity contribution in [2.75, 3.05) is 7.11 Å². The molecule has 0 atom stereocenters. The predicted octanol–water partition coefficient (Wildman–Crippen LogP) is 3.07. The molecule has 0 spiro atoms. The minimum atomic E-state index is 0.850. The monoisotopic (exact) mass is 251 g/mol. The van der Waals surface area contributed by atoms with E-state index < -0.39 is 0 Å². The van der Waals surface area contributed by atoms with Crippen LogP contribution < -0.4 is 4.74 Å². The summed E-state index contributed by atoms with van der Waals surface area (Å²) in [6, 6.07) is 15.7. The van der Waals surface area contributed by atoms with Gasteiger partial charge in [0.25, 0.3) is 0 Å². The number of nitrogens with zero attached hydrogens (tertiary/aromatic N) is 3. The van der Waals surface area contributed by atoms with Crippen molar-refractivity contribution >= 4 is 23.3 Å². The van der Waals surface area contributed by atoms with Gasteiger partial charge in [0.2, 0.25) is 0 Å². The lowest BCUT2D eigenvalue weighted by Gasteiger charge is -1.99. The summed E-state index contributed by atoms with van der Waals surface area (Å²) in [5.41, 5.74) is 2.97. The first kappa shape index (κ1) is 11.5. The van der Waals surface area contributed by atoms with Crippen molar-refractivity contribution in [2.45, 2.75) is 0 Å². The average molecular weight is 251 g/mol. The van der Waals surface area contributed by atoms with Gasteiger partial charge in [0.05, 0.1) is 12.6 Å². The summed E-state index contributed by atoms with van der Waals surface area (Å²) in [6.45, 7) is 0. The SMILES string of the molecule is COc1ccc(C=Cn2nnc3ccccc32)cc1. The van der Waals surface area contributed by atoms with E-state index in [0.717, 1.165) is 22.3 Å². The van der Waals surface area contributed by atoms with E-state index in [9.17, 15) is 0 Å². The summed E-state index contributed by atoms with van der Waals surface area (Å²) < 4.78 is 6.89. The molecule has 3 rings (SSSR count). The molecule has 0 aliphatic carbocycles. The van der Waals surface area contributed by atoms with E-state index >= 15 is 0 Å². The average Bonchev–Trinajstić information content (AvgIpc) is 2.89. The molecule has 19 heavy (non-hydrogen) atoms. The smallest absolute Gasteiger partial charge is 0.118 e. The van der Waals surface area contributed by atoms with E-state index in [1.54, 1.807) is 11.8 Å². The number of hydrogen-bond acceptors (Lipinski definition) is 3. The van der Waals surface area contributed by atoms with Gasteiger partial charge in [0.15, 0.2) is 0 Å². The van der Waals surface area contributed by atoms with Crippen molar-refractivity contribution in [3.8, 4) is 5.75 Å². The Hall–Kier alpha value is -2.62. The lowest BCUT2D eigenvalue weighted by Crippen LogP contribution is -1.88. The van der Waals surface area contributed by atoms with Crippen LogP contribution in [0.5, 0.6) is 5.75 Å². The van der Waals surface area contributed by atoms with Crippen molar-refractivity contribution in [3.63, 3.8) is 0 Å². The molecule has 4 nitrogen and oxygen atoms in total. The first-order chi connectivity index (χ1) is 9.36. The summed E-state index contributed by atoms with van der Waals surface area (Å²) in [7, 11) is 1.66. The molecule has 3 aromatic rings. The largest absolute Gasteiger partial charge is 0.497 e. The molecule has 0 amide bonds. The van der Waals surface area contributed by atoms with E-state index in [4.69, 9.17) is 4.74 Å². The Balaban J connectivity index is 1.89. The molecule has 0 saturated heterocycles. The molecule has 94 valence electrons. The molecule has 0 radical (unpaired) electrons. The van der Waals surface area contributed by atoms with E-state index in [2.05, 4.69) is 10.3 Å². The van der Waals surface area contributed by atoms with Gasteiger partial charge in [-0.25, -0.2) is 4.68 Å². The van der Waals surface area contributed by atoms with Crippen molar-refractivity contribution in [1.29, 1.82) is 0 Å². The summed E-state index contributed by atoms with van der Waals surface area (Å²) in [5.74, 6) is 0.850. The standard InChI is InChI=1S/C15H13N3O/c1-19-13-8-6-12(7-9-13)10-11-18-15-5-3-2-4-14(15)16-17-18/h2-11H,1H3. The number of benzene rings is 2. The molecule has 0 saturated carbocycles. The second kappa shape index (κ2) is 4.94. The van der Waals surface area contributed by atoms with Crippen LogP contribution >= 0.6 is 0 Å². The van der Waals surface area contributed by atoms with Crippen LogP contribution in [0.15, 0.2) is 48.5 Å². The lowest BCUT2D eigenvalue weighted by molar-refractivity contribution is 0.415. The highest BCUT2D eigenvalue weighted by Gasteiger charge is 1.99. The fourth-order valence-corrected chi connectivity index (χ4v) is 1.87. The zero-order chi connectivity index (χ0) is 13.1. The zero-order valence-corrected chi connectivity index (χ0v) is 10.5. The summed E-state index contributed by atoms with van der Waals surface area (Å²) in [4.78, 5) is 0. The van der Waals surface area contributed by atoms with Gasteiger partial charge < -0.3 is 4.74 Å². The Kier molecular flexibility index (Phi) is 2.98. The second-order valence-corrected chi connectivity index (χ2v) is 4.11. The van der Waals surface area contributed by atoms with Crippen molar-refractivity contribution in [2.24, 2.45) is 0 Å². The van der Waals surface area contributed by atoms with Gasteiger partial charge >= 0.3 is 0 Å². The third kappa shape index (κ3) is 2.33. The molecule has 0 aliphatic heterocycles. The Morgan fingerprint density at radius 2 is 1.84 bits per heavy atom. The van der Waals surface area contributed by atoms with Crippen LogP contribution in [0.3, 0.4) is 0 Å². The molecule has 0 bridgehead atoms. The summed E-state index contributed by atoms with van der Waals surface area (Å²) in [6.07, 6.45) is 3.89. The highest BCUT2D eigenvalue weighted by Crippen LogP contribution is 2.14. The van der Waals surface area contributed by atoms with Crippen LogP contribution in [-0.4, -0.2) is 22.1 Å². The number of ether oxygens (including phenoxy) is 1. The summed E-state index contributed by atoms with van der Waals surface area (Å²) >= 11 is 0. The van der Waals surface area contributed by atoms with Crippen LogP contribution in [0, 0.1) is 0 Å². The Morgan fingerprint density at radius 3 is 2.63 bits per heavy atom. The Labute approximate surface area is 110 Å². The van der Waals surface area contributed by atoms with Gasteiger partial charge in [-0.2, -0.15) is 0 Å². The molecule has 0 fully saturated rings. The van der Waals surface area contributed by atoms with Gasteiger partial charge in [0, 0.05) is 6.20 Å². The van der Waals surface area contributed by atoms with E-state index in [-0.39, 0.29) is 0 Å². The van der Waals surface area contributed by atoms with E-state index in [1.807, 2.05) is 60.8 Å². The van der Waals surface area contributed by atoms with Crippen LogP contribution in [0.25, 0.3) is 23.3 Å². The maximum atomic E-state index is 5.13. The maximum Gasteiger partial charge on any atom is 0.118 e. The molecule has 0 aliphatic rings. The molecule has 0 N–H and O–H groups in total. The van der Waals surface area contributed by atoms with Gasteiger partial charge in [0.1, 0.15) is 11.3 Å². The van der Waals surface area contributed by atoms with Crippen molar-refractivity contribution < 1.29 is 4.74 Å². The fourth-order valence-electron chi connectivity index (χ4n) is 1.87. The van der Waals surface area contributed by atoms with Crippen molar-refractivity contribution in [1.82, 2.24) is 15.0 Å². The van der Waals surface area contributed by atoms with Gasteiger partial charge in [-0.05, 0) is 35.9 Å². The number of aromatic nitrogens is 3. The molecule has 0 unspecified atom stereocenters. The predicted molar refractivity (Wildman–Crippen MR) is 75.7 cm³/mol. The minimum absolute atomic E-state index is 0.850. The van der Waals surface area contributed by atoms with E-state index in [1.165, 1.54) is 0 Å². The number of para-hydroxylation sites is 1. The van der Waals surface area contributed by atoms with Crippen LogP contribution in [0.2, 0.25) is 0 Å². The molecule has 1 heterocycles. The van der Waals surface area contributed by atoms with E-state index in [0.29, 0.717) is 0 Å². The first-order valence-corrected chi connectivity index (χ1v) is 5.99. The van der Waals surface area contributed by atoms with Crippen molar-refractivity contribution in [3.05, 3.63) is 54.1 Å². The topological polar surface area (TPSA) is 39.9 Å². The quantitative estimate of drug-likeness (QED) is 0.718. The number of rotatable bonds is 3. The third-order valence-electron chi connectivity index (χ3n) is 2.90. The van der Waals surface area contributed by atoms with Crippen LogP contribution in [-0.2, 0) is 0 Å². The van der Waals surface area contributed by atoms with Crippen LogP contribution in [0.4, 0.5) is 0 Å². The van der Waals surface area contributed by atoms with Gasteiger partial charge in [-0.3, -0.25) is 0 Å². The minimum Gasteiger partial charge on any atom is -0.497 e. The fraction of sp³-hybridized carbons (Fsp3) is 0.0667. The number of hydrogen-bond donors (Lipinski definition) is 0. The van der Waals surface area contributed by atoms with Gasteiger partial charge in [-0.15, -0.1) is 5.10 Å². The highest BCUT2D eigenvalue weighted by atomic mass is 16.5. The maximum absolute atomic E-state index is 5.13. The third-order valence-corrected chi connectivity index (χ3v) is 2.90. The molecule has 4 heteroatoms. The molecule has 2 aromatic carbocycles. The second-order valence-electron chi connectivity index (χ2n) is 4.11. The van der Waals surface area contributed by atoms with Crippen LogP contribution in [0.1, 0.15) is 5.56 Å². The lowest BCUT2D eigenvalue weighted by atomic mass is 10.2. The Morgan fingerprint density at radius 1 is 1.05 bits per heavy atom. The molecular formula is C15H13N3O. The van der Waals surface area contributed by atoms with Gasteiger partial charge in [-0.1, -0.05) is 29.5 Å². The first-order valence-electron chi connectivity index (χ1n) is 5.99. The molecular weight excluding hydrogens is 238 g/mol. The molecule has 1 aromatic heterocycles. The normalized spacial score (nSPS) is 11.2. The number of methoxy groups -OCH3 is 1. The highest BCUT2D eigenvalue weighted by molar-refractivity contribution is 5.77. The summed E-state index contributed by atoms with van der Waals surface area (Å²) in [5, 5.41) is 8.20. The number of fused-ring (bicyclic) bond motifs is 1. The Bertz CT molecular complexity index is 714. The zero-order valence-electron chi connectivity index (χ0n) is 10.5.